The highest BCUT2D eigenvalue weighted by Gasteiger charge is 2.22. The van der Waals surface area contributed by atoms with Crippen molar-refractivity contribution in [3.8, 4) is 17.1 Å². The summed E-state index contributed by atoms with van der Waals surface area (Å²) in [5, 5.41) is 8.11. The van der Waals surface area contributed by atoms with Crippen molar-refractivity contribution in [3.63, 3.8) is 0 Å². The number of rotatable bonds is 13. The molecule has 0 bridgehead atoms. The van der Waals surface area contributed by atoms with Crippen molar-refractivity contribution in [2.75, 3.05) is 6.61 Å². The maximum atomic E-state index is 14.8. The van der Waals surface area contributed by atoms with Gasteiger partial charge in [0.1, 0.15) is 0 Å². The summed E-state index contributed by atoms with van der Waals surface area (Å²) < 4.78 is 35.2. The van der Waals surface area contributed by atoms with Gasteiger partial charge >= 0.3 is 0 Å². The highest BCUT2D eigenvalue weighted by molar-refractivity contribution is 5.60. The SMILES string of the molecule is CCCCCCCOc1ccc(-c2ccc(CCC3CCC(CCC)CC3)c(F)c2F)nn1. The van der Waals surface area contributed by atoms with Crippen LogP contribution in [0.1, 0.15) is 96.5 Å². The molecule has 0 radical (unpaired) electrons. The van der Waals surface area contributed by atoms with Crippen LogP contribution in [0.4, 0.5) is 8.78 Å². The zero-order chi connectivity index (χ0) is 23.5. The molecule has 1 aromatic carbocycles. The van der Waals surface area contributed by atoms with Crippen LogP contribution < -0.4 is 4.74 Å². The summed E-state index contributed by atoms with van der Waals surface area (Å²) in [4.78, 5) is 0. The van der Waals surface area contributed by atoms with Crippen LogP contribution in [0.15, 0.2) is 24.3 Å². The molecular weight excluding hydrogens is 418 g/mol. The summed E-state index contributed by atoms with van der Waals surface area (Å²) in [6.07, 6.45) is 14.9. The van der Waals surface area contributed by atoms with E-state index in [0.29, 0.717) is 36.1 Å². The molecule has 182 valence electrons. The van der Waals surface area contributed by atoms with Crippen LogP contribution in [0.5, 0.6) is 5.88 Å². The Bertz CT molecular complexity index is 833. The van der Waals surface area contributed by atoms with Gasteiger partial charge in [-0.05, 0) is 48.8 Å². The fraction of sp³-hybridized carbons (Fsp3) is 0.643. The van der Waals surface area contributed by atoms with Gasteiger partial charge in [0.25, 0.3) is 0 Å². The van der Waals surface area contributed by atoms with Gasteiger partial charge in [0.15, 0.2) is 11.6 Å². The first-order valence-electron chi connectivity index (χ1n) is 13.1. The number of ether oxygens (including phenoxy) is 1. The molecule has 0 N–H and O–H groups in total. The lowest BCUT2D eigenvalue weighted by Gasteiger charge is -2.28. The van der Waals surface area contributed by atoms with Crippen LogP contribution in [0.25, 0.3) is 11.3 Å². The second kappa shape index (κ2) is 13.6. The maximum absolute atomic E-state index is 14.8. The van der Waals surface area contributed by atoms with E-state index >= 15 is 0 Å². The molecule has 0 aliphatic heterocycles. The van der Waals surface area contributed by atoms with E-state index in [0.717, 1.165) is 25.2 Å². The molecule has 1 aliphatic carbocycles. The number of hydrogen-bond donors (Lipinski definition) is 0. The zero-order valence-corrected chi connectivity index (χ0v) is 20.4. The second-order valence-electron chi connectivity index (χ2n) is 9.63. The van der Waals surface area contributed by atoms with Crippen LogP contribution >= 0.6 is 0 Å². The van der Waals surface area contributed by atoms with E-state index in [1.165, 1.54) is 57.8 Å². The summed E-state index contributed by atoms with van der Waals surface area (Å²) in [6, 6.07) is 6.66. The molecule has 2 aromatic rings. The Hall–Kier alpha value is -2.04. The fourth-order valence-electron chi connectivity index (χ4n) is 4.98. The third-order valence-electron chi connectivity index (χ3n) is 7.06. The highest BCUT2D eigenvalue weighted by atomic mass is 19.2. The predicted octanol–water partition coefficient (Wildman–Crippen LogP) is 8.31. The van der Waals surface area contributed by atoms with E-state index in [4.69, 9.17) is 4.74 Å². The van der Waals surface area contributed by atoms with Crippen molar-refractivity contribution in [3.05, 3.63) is 41.5 Å². The molecule has 5 heteroatoms. The van der Waals surface area contributed by atoms with Crippen molar-refractivity contribution in [2.24, 2.45) is 11.8 Å². The van der Waals surface area contributed by atoms with Gasteiger partial charge in [-0.2, -0.15) is 0 Å². The molecule has 1 aliphatic rings. The quantitative estimate of drug-likeness (QED) is 0.283. The third kappa shape index (κ3) is 7.75. The van der Waals surface area contributed by atoms with Crippen LogP contribution in [-0.2, 0) is 6.42 Å². The van der Waals surface area contributed by atoms with Crippen LogP contribution in [-0.4, -0.2) is 16.8 Å². The Labute approximate surface area is 198 Å². The fourth-order valence-corrected chi connectivity index (χ4v) is 4.98. The normalized spacial score (nSPS) is 18.4. The summed E-state index contributed by atoms with van der Waals surface area (Å²) in [6.45, 7) is 5.03. The lowest BCUT2D eigenvalue weighted by Crippen LogP contribution is -2.15. The van der Waals surface area contributed by atoms with E-state index in [2.05, 4.69) is 24.0 Å². The number of aryl methyl sites for hydroxylation is 1. The topological polar surface area (TPSA) is 35.0 Å². The number of halogens is 2. The first-order valence-corrected chi connectivity index (χ1v) is 13.1. The standard InChI is InChI=1S/C28H40F2N2O/c1-3-5-6-7-8-20-33-26-19-18-25(31-32-26)24-17-16-23(27(29)28(24)30)15-14-22-12-10-21(9-4-2)11-13-22/h16-19,21-22H,3-15,20H2,1-2H3. The Morgan fingerprint density at radius 2 is 1.52 bits per heavy atom. The first kappa shape index (κ1) is 25.6. The molecule has 0 spiro atoms. The van der Waals surface area contributed by atoms with E-state index in [-0.39, 0.29) is 5.56 Å². The van der Waals surface area contributed by atoms with E-state index in [9.17, 15) is 8.78 Å². The summed E-state index contributed by atoms with van der Waals surface area (Å²) in [5.74, 6) is 0.327. The molecular formula is C28H40F2N2O. The Balaban J connectivity index is 1.51. The molecule has 3 nitrogen and oxygen atoms in total. The minimum atomic E-state index is -0.835. The van der Waals surface area contributed by atoms with Gasteiger partial charge in [-0.15, -0.1) is 10.2 Å². The minimum absolute atomic E-state index is 0.148. The average Bonchev–Trinajstić information content (AvgIpc) is 2.84. The van der Waals surface area contributed by atoms with Crippen molar-refractivity contribution >= 4 is 0 Å². The summed E-state index contributed by atoms with van der Waals surface area (Å²) in [7, 11) is 0. The number of hydrogen-bond acceptors (Lipinski definition) is 3. The molecule has 3 rings (SSSR count). The van der Waals surface area contributed by atoms with Gasteiger partial charge in [-0.3, -0.25) is 0 Å². The first-order chi connectivity index (χ1) is 16.1. The Kier molecular flexibility index (Phi) is 10.6. The van der Waals surface area contributed by atoms with Crippen LogP contribution in [0.3, 0.4) is 0 Å². The van der Waals surface area contributed by atoms with Gasteiger partial charge in [-0.1, -0.05) is 84.1 Å². The number of aromatic nitrogens is 2. The van der Waals surface area contributed by atoms with Crippen molar-refractivity contribution in [1.29, 1.82) is 0 Å². The van der Waals surface area contributed by atoms with Gasteiger partial charge < -0.3 is 4.74 Å². The molecule has 33 heavy (non-hydrogen) atoms. The molecule has 0 amide bonds. The Morgan fingerprint density at radius 3 is 2.18 bits per heavy atom. The predicted molar refractivity (Wildman–Crippen MR) is 130 cm³/mol. The molecule has 1 fully saturated rings. The summed E-state index contributed by atoms with van der Waals surface area (Å²) in [5.41, 5.74) is 0.931. The molecule has 0 saturated heterocycles. The number of unbranched alkanes of at least 4 members (excludes halogenated alkanes) is 4. The van der Waals surface area contributed by atoms with Gasteiger partial charge in [0.2, 0.25) is 5.88 Å². The summed E-state index contributed by atoms with van der Waals surface area (Å²) >= 11 is 0. The largest absolute Gasteiger partial charge is 0.477 e. The van der Waals surface area contributed by atoms with Crippen LogP contribution in [0, 0.1) is 23.5 Å². The smallest absolute Gasteiger partial charge is 0.233 e. The zero-order valence-electron chi connectivity index (χ0n) is 20.4. The number of nitrogens with zero attached hydrogens (tertiary/aromatic N) is 2. The lowest BCUT2D eigenvalue weighted by atomic mass is 9.78. The van der Waals surface area contributed by atoms with Gasteiger partial charge in [0, 0.05) is 11.6 Å². The molecule has 1 heterocycles. The third-order valence-corrected chi connectivity index (χ3v) is 7.06. The maximum Gasteiger partial charge on any atom is 0.233 e. The molecule has 0 atom stereocenters. The number of benzene rings is 1. The van der Waals surface area contributed by atoms with Gasteiger partial charge in [-0.25, -0.2) is 8.78 Å². The van der Waals surface area contributed by atoms with Crippen molar-refractivity contribution in [2.45, 2.75) is 97.3 Å². The van der Waals surface area contributed by atoms with E-state index in [1.807, 2.05) is 0 Å². The Morgan fingerprint density at radius 1 is 0.788 bits per heavy atom. The molecule has 1 aromatic heterocycles. The van der Waals surface area contributed by atoms with E-state index < -0.39 is 11.6 Å². The monoisotopic (exact) mass is 458 g/mol. The highest BCUT2D eigenvalue weighted by Crippen LogP contribution is 2.34. The minimum Gasteiger partial charge on any atom is -0.477 e. The van der Waals surface area contributed by atoms with Gasteiger partial charge in [0.05, 0.1) is 12.3 Å². The lowest BCUT2D eigenvalue weighted by molar-refractivity contribution is 0.251. The van der Waals surface area contributed by atoms with Crippen molar-refractivity contribution < 1.29 is 13.5 Å². The molecule has 1 saturated carbocycles. The average molecular weight is 459 g/mol. The second-order valence-corrected chi connectivity index (χ2v) is 9.63. The van der Waals surface area contributed by atoms with E-state index in [1.54, 1.807) is 24.3 Å². The van der Waals surface area contributed by atoms with Crippen molar-refractivity contribution in [1.82, 2.24) is 10.2 Å². The van der Waals surface area contributed by atoms with Crippen LogP contribution in [0.2, 0.25) is 0 Å². The molecule has 0 unspecified atom stereocenters.